The van der Waals surface area contributed by atoms with Crippen molar-refractivity contribution in [3.63, 3.8) is 0 Å². The van der Waals surface area contributed by atoms with Crippen LogP contribution < -0.4 is 5.32 Å². The van der Waals surface area contributed by atoms with Crippen LogP contribution in [0.3, 0.4) is 0 Å². The van der Waals surface area contributed by atoms with Crippen molar-refractivity contribution in [2.75, 3.05) is 25.2 Å². The lowest BCUT2D eigenvalue weighted by Crippen LogP contribution is -2.42. The highest BCUT2D eigenvalue weighted by molar-refractivity contribution is 7.99. The zero-order valence-electron chi connectivity index (χ0n) is 9.21. The zero-order chi connectivity index (χ0) is 9.84. The smallest absolute Gasteiger partial charge is 0.0421 e. The van der Waals surface area contributed by atoms with Crippen molar-refractivity contribution >= 4 is 11.8 Å². The quantitative estimate of drug-likeness (QED) is 0.746. The largest absolute Gasteiger partial charge is 0.303 e. The van der Waals surface area contributed by atoms with Gasteiger partial charge in [-0.05, 0) is 19.9 Å². The Morgan fingerprint density at radius 1 is 1.46 bits per heavy atom. The molecule has 13 heavy (non-hydrogen) atoms. The second-order valence-corrected chi connectivity index (χ2v) is 5.37. The molecule has 2 atom stereocenters. The molecule has 1 N–H and O–H groups in total. The van der Waals surface area contributed by atoms with Crippen LogP contribution in [0.1, 0.15) is 20.8 Å². The number of hydrogen-bond donors (Lipinski definition) is 1. The Morgan fingerprint density at radius 2 is 2.15 bits per heavy atom. The van der Waals surface area contributed by atoms with Gasteiger partial charge in [-0.15, -0.1) is 11.8 Å². The van der Waals surface area contributed by atoms with Gasteiger partial charge in [-0.3, -0.25) is 0 Å². The normalized spacial score (nSPS) is 25.8. The number of likely N-dealkylation sites (N-methyl/N-ethyl adjacent to an activating group) is 1. The van der Waals surface area contributed by atoms with E-state index in [2.05, 4.69) is 38.0 Å². The first-order valence-electron chi connectivity index (χ1n) is 5.12. The molecular formula is C10H22N2S. The van der Waals surface area contributed by atoms with E-state index < -0.39 is 0 Å². The zero-order valence-corrected chi connectivity index (χ0v) is 10.0. The third-order valence-electron chi connectivity index (χ3n) is 2.96. The SMILES string of the molecule is CC(C)C(C)N(C)CC1CSCN1. The fourth-order valence-electron chi connectivity index (χ4n) is 1.58. The number of rotatable bonds is 4. The average molecular weight is 202 g/mol. The van der Waals surface area contributed by atoms with Crippen LogP contribution >= 0.6 is 11.8 Å². The van der Waals surface area contributed by atoms with Crippen LogP contribution in [0, 0.1) is 5.92 Å². The van der Waals surface area contributed by atoms with Crippen LogP contribution in [0.5, 0.6) is 0 Å². The molecule has 0 radical (unpaired) electrons. The predicted octanol–water partition coefficient (Wildman–Crippen LogP) is 1.63. The Kier molecular flexibility index (Phi) is 4.56. The summed E-state index contributed by atoms with van der Waals surface area (Å²) in [5, 5.41) is 3.50. The Morgan fingerprint density at radius 3 is 2.62 bits per heavy atom. The highest BCUT2D eigenvalue weighted by Gasteiger charge is 2.20. The van der Waals surface area contributed by atoms with Gasteiger partial charge in [-0.1, -0.05) is 13.8 Å². The third-order valence-corrected chi connectivity index (χ3v) is 3.97. The van der Waals surface area contributed by atoms with Crippen molar-refractivity contribution < 1.29 is 0 Å². The lowest BCUT2D eigenvalue weighted by atomic mass is 10.0. The first kappa shape index (κ1) is 11.3. The second-order valence-electron chi connectivity index (χ2n) is 4.34. The van der Waals surface area contributed by atoms with Gasteiger partial charge < -0.3 is 10.2 Å². The van der Waals surface area contributed by atoms with Gasteiger partial charge in [0.15, 0.2) is 0 Å². The molecule has 0 aliphatic carbocycles. The molecule has 2 nitrogen and oxygen atoms in total. The lowest BCUT2D eigenvalue weighted by molar-refractivity contribution is 0.195. The summed E-state index contributed by atoms with van der Waals surface area (Å²) in [4.78, 5) is 2.47. The van der Waals surface area contributed by atoms with Gasteiger partial charge in [0.05, 0.1) is 0 Å². The van der Waals surface area contributed by atoms with E-state index in [1.54, 1.807) is 0 Å². The topological polar surface area (TPSA) is 15.3 Å². The van der Waals surface area contributed by atoms with Crippen LogP contribution in [0.25, 0.3) is 0 Å². The monoisotopic (exact) mass is 202 g/mol. The summed E-state index contributed by atoms with van der Waals surface area (Å²) in [7, 11) is 2.23. The molecule has 0 aromatic heterocycles. The number of hydrogen-bond acceptors (Lipinski definition) is 3. The van der Waals surface area contributed by atoms with Crippen molar-refractivity contribution in [2.45, 2.75) is 32.9 Å². The Hall–Kier alpha value is 0.270. The summed E-state index contributed by atoms with van der Waals surface area (Å²) in [6.07, 6.45) is 0. The highest BCUT2D eigenvalue weighted by Crippen LogP contribution is 2.13. The van der Waals surface area contributed by atoms with E-state index in [-0.39, 0.29) is 0 Å². The molecule has 78 valence electrons. The van der Waals surface area contributed by atoms with Crippen molar-refractivity contribution in [3.05, 3.63) is 0 Å². The number of nitrogens with zero attached hydrogens (tertiary/aromatic N) is 1. The fraction of sp³-hybridized carbons (Fsp3) is 1.00. The molecular weight excluding hydrogens is 180 g/mol. The van der Waals surface area contributed by atoms with Gasteiger partial charge in [0.25, 0.3) is 0 Å². The molecule has 1 saturated heterocycles. The van der Waals surface area contributed by atoms with Crippen LogP contribution in [-0.4, -0.2) is 42.2 Å². The van der Waals surface area contributed by atoms with Gasteiger partial charge >= 0.3 is 0 Å². The van der Waals surface area contributed by atoms with Crippen LogP contribution in [-0.2, 0) is 0 Å². The average Bonchev–Trinajstić information content (AvgIpc) is 2.55. The van der Waals surface area contributed by atoms with Gasteiger partial charge in [0, 0.05) is 30.3 Å². The van der Waals surface area contributed by atoms with E-state index in [1.807, 2.05) is 11.8 Å². The maximum absolute atomic E-state index is 3.50. The first-order valence-corrected chi connectivity index (χ1v) is 6.28. The molecule has 1 fully saturated rings. The van der Waals surface area contributed by atoms with Crippen LogP contribution in [0.15, 0.2) is 0 Å². The van der Waals surface area contributed by atoms with Gasteiger partial charge in [0.1, 0.15) is 0 Å². The molecule has 0 bridgehead atoms. The van der Waals surface area contributed by atoms with E-state index in [0.29, 0.717) is 12.1 Å². The summed E-state index contributed by atoms with van der Waals surface area (Å²) in [5.41, 5.74) is 0. The van der Waals surface area contributed by atoms with Crippen molar-refractivity contribution in [2.24, 2.45) is 5.92 Å². The molecule has 0 amide bonds. The summed E-state index contributed by atoms with van der Waals surface area (Å²) < 4.78 is 0. The summed E-state index contributed by atoms with van der Waals surface area (Å²) in [6.45, 7) is 8.08. The molecule has 0 saturated carbocycles. The summed E-state index contributed by atoms with van der Waals surface area (Å²) in [5.74, 6) is 3.16. The number of thioether (sulfide) groups is 1. The molecule has 1 aliphatic heterocycles. The van der Waals surface area contributed by atoms with Crippen LogP contribution in [0.2, 0.25) is 0 Å². The Balaban J connectivity index is 2.26. The Labute approximate surface area is 86.5 Å². The maximum Gasteiger partial charge on any atom is 0.0421 e. The van der Waals surface area contributed by atoms with Crippen molar-refractivity contribution in [1.82, 2.24) is 10.2 Å². The van der Waals surface area contributed by atoms with E-state index >= 15 is 0 Å². The third kappa shape index (κ3) is 3.49. The molecule has 2 unspecified atom stereocenters. The lowest BCUT2D eigenvalue weighted by Gasteiger charge is -2.29. The molecule has 1 aliphatic rings. The predicted molar refractivity (Wildman–Crippen MR) is 61.2 cm³/mol. The minimum atomic E-state index is 0.687. The fourth-order valence-corrected chi connectivity index (χ4v) is 2.56. The van der Waals surface area contributed by atoms with Gasteiger partial charge in [-0.25, -0.2) is 0 Å². The summed E-state index contributed by atoms with van der Waals surface area (Å²) in [6, 6.07) is 1.39. The molecule has 3 heteroatoms. The van der Waals surface area contributed by atoms with Crippen molar-refractivity contribution in [3.8, 4) is 0 Å². The molecule has 0 aromatic carbocycles. The van der Waals surface area contributed by atoms with E-state index in [1.165, 1.54) is 12.3 Å². The Bertz CT molecular complexity index is 144. The van der Waals surface area contributed by atoms with Gasteiger partial charge in [-0.2, -0.15) is 0 Å². The molecule has 1 rings (SSSR count). The van der Waals surface area contributed by atoms with E-state index in [4.69, 9.17) is 0 Å². The van der Waals surface area contributed by atoms with Crippen molar-refractivity contribution in [1.29, 1.82) is 0 Å². The van der Waals surface area contributed by atoms with Gasteiger partial charge in [0.2, 0.25) is 0 Å². The minimum Gasteiger partial charge on any atom is -0.303 e. The second kappa shape index (κ2) is 5.23. The molecule has 0 spiro atoms. The molecule has 0 aromatic rings. The van der Waals surface area contributed by atoms with Crippen LogP contribution in [0.4, 0.5) is 0 Å². The first-order chi connectivity index (χ1) is 6.11. The summed E-state index contributed by atoms with van der Waals surface area (Å²) >= 11 is 2.01. The standard InChI is InChI=1S/C10H22N2S/c1-8(2)9(3)12(4)5-10-6-13-7-11-10/h8-11H,5-7H2,1-4H3. The highest BCUT2D eigenvalue weighted by atomic mass is 32.2. The minimum absolute atomic E-state index is 0.687. The van der Waals surface area contributed by atoms with E-state index in [0.717, 1.165) is 11.8 Å². The van der Waals surface area contributed by atoms with E-state index in [9.17, 15) is 0 Å². The number of nitrogens with one attached hydrogen (secondary N) is 1. The molecule has 1 heterocycles. The maximum atomic E-state index is 3.50.